The number of nitrogens with zero attached hydrogens (tertiary/aromatic N) is 3. The van der Waals surface area contributed by atoms with Gasteiger partial charge >= 0.3 is 0 Å². The van der Waals surface area contributed by atoms with E-state index in [0.717, 1.165) is 34.3 Å². The van der Waals surface area contributed by atoms with Crippen molar-refractivity contribution in [3.05, 3.63) is 138 Å². The average molecular weight is 517 g/mol. The Labute approximate surface area is 228 Å². The summed E-state index contributed by atoms with van der Waals surface area (Å²) in [5.41, 5.74) is 6.61. The number of rotatable bonds is 6. The molecule has 6 heteroatoms. The van der Waals surface area contributed by atoms with Crippen LogP contribution in [0.5, 0.6) is 11.5 Å². The molecule has 0 saturated carbocycles. The smallest absolute Gasteiger partial charge is 0.174 e. The van der Waals surface area contributed by atoms with Gasteiger partial charge in [-0.25, -0.2) is 0 Å². The summed E-state index contributed by atoms with van der Waals surface area (Å²) in [6.45, 7) is 4.20. The zero-order valence-corrected chi connectivity index (χ0v) is 22.1. The predicted molar refractivity (Wildman–Crippen MR) is 156 cm³/mol. The number of hydrogen-bond donors (Lipinski definition) is 1. The largest absolute Gasteiger partial charge is 0.457 e. The Morgan fingerprint density at radius 2 is 1.50 bits per heavy atom. The topological polar surface area (TPSA) is 42.3 Å². The van der Waals surface area contributed by atoms with Gasteiger partial charge in [0.05, 0.1) is 11.7 Å². The third-order valence-corrected chi connectivity index (χ3v) is 7.24. The van der Waals surface area contributed by atoms with Crippen molar-refractivity contribution in [3.8, 4) is 17.2 Å². The predicted octanol–water partition coefficient (Wildman–Crippen LogP) is 7.46. The van der Waals surface area contributed by atoms with Gasteiger partial charge < -0.3 is 19.5 Å². The SMILES string of the molecule is Cc1ccc(Oc2ccc(N3C(=S)NC(c4ccccn4)C3c3cccn3-c3ccccc3C)cc2)cc1. The summed E-state index contributed by atoms with van der Waals surface area (Å²) >= 11 is 5.93. The average Bonchev–Trinajstić information content (AvgIpc) is 3.55. The van der Waals surface area contributed by atoms with Gasteiger partial charge in [-0.05, 0) is 98.4 Å². The Morgan fingerprint density at radius 3 is 2.21 bits per heavy atom. The molecule has 0 radical (unpaired) electrons. The van der Waals surface area contributed by atoms with E-state index < -0.39 is 0 Å². The van der Waals surface area contributed by atoms with Crippen LogP contribution < -0.4 is 15.0 Å². The number of para-hydroxylation sites is 1. The molecule has 0 bridgehead atoms. The minimum Gasteiger partial charge on any atom is -0.457 e. The zero-order valence-electron chi connectivity index (χ0n) is 21.3. The molecule has 1 aliphatic rings. The van der Waals surface area contributed by atoms with Gasteiger partial charge in [0.1, 0.15) is 17.5 Å². The number of aryl methyl sites for hydroxylation is 2. The molecule has 3 heterocycles. The Kier molecular flexibility index (Phi) is 6.40. The lowest BCUT2D eigenvalue weighted by atomic mass is 10.0. The number of anilines is 1. The quantitative estimate of drug-likeness (QED) is 0.237. The standard InChI is InChI=1S/C32H28N4OS/c1-22-12-16-25(17-13-22)37-26-18-14-24(15-19-26)36-31(30(34-32(36)38)27-9-5-6-20-33-27)29-11-7-21-35(29)28-10-4-3-8-23(28)2/h3-21,30-31H,1-2H3,(H,34,38). The fourth-order valence-electron chi connectivity index (χ4n) is 5.04. The minimum absolute atomic E-state index is 0.115. The Bertz CT molecular complexity index is 1560. The fourth-order valence-corrected chi connectivity index (χ4v) is 5.38. The number of nitrogens with one attached hydrogen (secondary N) is 1. The second-order valence-corrected chi connectivity index (χ2v) is 9.88. The monoisotopic (exact) mass is 516 g/mol. The van der Waals surface area contributed by atoms with Crippen molar-refractivity contribution >= 4 is 23.0 Å². The number of pyridine rings is 1. The maximum atomic E-state index is 6.08. The second-order valence-electron chi connectivity index (χ2n) is 9.50. The van der Waals surface area contributed by atoms with E-state index in [1.807, 2.05) is 54.7 Å². The maximum Gasteiger partial charge on any atom is 0.174 e. The van der Waals surface area contributed by atoms with Crippen LogP contribution in [-0.2, 0) is 0 Å². The van der Waals surface area contributed by atoms with Crippen LogP contribution >= 0.6 is 12.2 Å². The summed E-state index contributed by atoms with van der Waals surface area (Å²) in [7, 11) is 0. The molecule has 2 atom stereocenters. The lowest BCUT2D eigenvalue weighted by molar-refractivity contribution is 0.482. The highest BCUT2D eigenvalue weighted by molar-refractivity contribution is 7.80. The van der Waals surface area contributed by atoms with E-state index in [9.17, 15) is 0 Å². The zero-order chi connectivity index (χ0) is 26.1. The van der Waals surface area contributed by atoms with E-state index in [1.165, 1.54) is 11.1 Å². The normalized spacial score (nSPS) is 16.9. The summed E-state index contributed by atoms with van der Waals surface area (Å²) in [5.74, 6) is 1.59. The highest BCUT2D eigenvalue weighted by Crippen LogP contribution is 2.42. The van der Waals surface area contributed by atoms with Crippen LogP contribution in [0.2, 0.25) is 0 Å². The van der Waals surface area contributed by atoms with Gasteiger partial charge in [-0.15, -0.1) is 0 Å². The first-order chi connectivity index (χ1) is 18.6. The van der Waals surface area contributed by atoms with Gasteiger partial charge in [0.25, 0.3) is 0 Å². The molecule has 1 aliphatic heterocycles. The Hall–Kier alpha value is -4.42. The first kappa shape index (κ1) is 23.9. The van der Waals surface area contributed by atoms with Crippen molar-refractivity contribution in [2.24, 2.45) is 0 Å². The van der Waals surface area contributed by atoms with E-state index in [1.54, 1.807) is 0 Å². The van der Waals surface area contributed by atoms with E-state index in [2.05, 4.69) is 89.4 Å². The second kappa shape index (κ2) is 10.1. The molecule has 0 aliphatic carbocycles. The van der Waals surface area contributed by atoms with Crippen LogP contribution in [0.15, 0.2) is 116 Å². The van der Waals surface area contributed by atoms with E-state index in [-0.39, 0.29) is 12.1 Å². The molecule has 188 valence electrons. The van der Waals surface area contributed by atoms with Gasteiger partial charge in [0.2, 0.25) is 0 Å². The van der Waals surface area contributed by atoms with Crippen LogP contribution in [0.1, 0.15) is 34.6 Å². The molecule has 1 saturated heterocycles. The van der Waals surface area contributed by atoms with Crippen molar-refractivity contribution < 1.29 is 4.74 Å². The Balaban J connectivity index is 1.40. The fraction of sp³-hybridized carbons (Fsp3) is 0.125. The first-order valence-corrected chi connectivity index (χ1v) is 13.1. The van der Waals surface area contributed by atoms with Gasteiger partial charge in [-0.3, -0.25) is 4.98 Å². The summed E-state index contributed by atoms with van der Waals surface area (Å²) in [4.78, 5) is 6.88. The van der Waals surface area contributed by atoms with E-state index in [4.69, 9.17) is 21.9 Å². The molecule has 1 fully saturated rings. The molecule has 0 spiro atoms. The molecule has 1 N–H and O–H groups in total. The van der Waals surface area contributed by atoms with Crippen LogP contribution in [0.4, 0.5) is 5.69 Å². The summed E-state index contributed by atoms with van der Waals surface area (Å²) in [6.07, 6.45) is 3.95. The third-order valence-electron chi connectivity index (χ3n) is 6.93. The first-order valence-electron chi connectivity index (χ1n) is 12.7. The maximum absolute atomic E-state index is 6.08. The van der Waals surface area contributed by atoms with Crippen LogP contribution in [-0.4, -0.2) is 14.7 Å². The minimum atomic E-state index is -0.121. The van der Waals surface area contributed by atoms with Gasteiger partial charge in [-0.1, -0.05) is 42.0 Å². The number of ether oxygens (including phenoxy) is 1. The lowest BCUT2D eigenvalue weighted by Gasteiger charge is -2.29. The molecule has 6 rings (SSSR count). The lowest BCUT2D eigenvalue weighted by Crippen LogP contribution is -2.30. The molecular weight excluding hydrogens is 488 g/mol. The van der Waals surface area contributed by atoms with Crippen molar-refractivity contribution in [1.29, 1.82) is 0 Å². The van der Waals surface area contributed by atoms with Gasteiger partial charge in [0, 0.05) is 29.5 Å². The third kappa shape index (κ3) is 4.55. The molecule has 2 unspecified atom stereocenters. The number of benzene rings is 3. The van der Waals surface area contributed by atoms with Crippen LogP contribution in [0.3, 0.4) is 0 Å². The highest BCUT2D eigenvalue weighted by Gasteiger charge is 2.42. The van der Waals surface area contributed by atoms with Crippen molar-refractivity contribution in [2.75, 3.05) is 4.90 Å². The highest BCUT2D eigenvalue weighted by atomic mass is 32.1. The number of aromatic nitrogens is 2. The molecule has 3 aromatic carbocycles. The Morgan fingerprint density at radius 1 is 0.789 bits per heavy atom. The number of hydrogen-bond acceptors (Lipinski definition) is 3. The summed E-state index contributed by atoms with van der Waals surface area (Å²) in [6, 6.07) is 34.6. The molecule has 38 heavy (non-hydrogen) atoms. The molecule has 5 nitrogen and oxygen atoms in total. The van der Waals surface area contributed by atoms with Crippen molar-refractivity contribution in [3.63, 3.8) is 0 Å². The van der Waals surface area contributed by atoms with Crippen LogP contribution in [0.25, 0.3) is 5.69 Å². The van der Waals surface area contributed by atoms with Gasteiger partial charge in [0.15, 0.2) is 5.11 Å². The molecular formula is C32H28N4OS. The van der Waals surface area contributed by atoms with Crippen molar-refractivity contribution in [1.82, 2.24) is 14.9 Å². The molecule has 0 amide bonds. The molecule has 5 aromatic rings. The molecule has 2 aromatic heterocycles. The van der Waals surface area contributed by atoms with E-state index >= 15 is 0 Å². The summed E-state index contributed by atoms with van der Waals surface area (Å²) in [5, 5.41) is 4.22. The summed E-state index contributed by atoms with van der Waals surface area (Å²) < 4.78 is 8.33. The van der Waals surface area contributed by atoms with Crippen molar-refractivity contribution in [2.45, 2.75) is 25.9 Å². The number of thiocarbonyl (C=S) groups is 1. The van der Waals surface area contributed by atoms with E-state index in [0.29, 0.717) is 5.11 Å². The van der Waals surface area contributed by atoms with Crippen LogP contribution in [0, 0.1) is 13.8 Å². The van der Waals surface area contributed by atoms with Gasteiger partial charge in [-0.2, -0.15) is 0 Å².